The van der Waals surface area contributed by atoms with E-state index < -0.39 is 0 Å². The average molecular weight is 351 g/mol. The number of hydrogen-bond donors (Lipinski definition) is 2. The monoisotopic (exact) mass is 350 g/mol. The van der Waals surface area contributed by atoms with E-state index in [1.165, 1.54) is 24.2 Å². The molecule has 2 N–H and O–H groups in total. The molecule has 5 nitrogen and oxygen atoms in total. The van der Waals surface area contributed by atoms with E-state index in [1.807, 2.05) is 33.3 Å². The summed E-state index contributed by atoms with van der Waals surface area (Å²) in [6.45, 7) is 3.34. The van der Waals surface area contributed by atoms with Gasteiger partial charge >= 0.3 is 0 Å². The van der Waals surface area contributed by atoms with Crippen LogP contribution in [0.2, 0.25) is 0 Å². The van der Waals surface area contributed by atoms with Crippen LogP contribution in [0.25, 0.3) is 0 Å². The Morgan fingerprint density at radius 2 is 2.25 bits per heavy atom. The zero-order valence-electron chi connectivity index (χ0n) is 15.0. The molecule has 0 radical (unpaired) electrons. The maximum atomic E-state index is 5.79. The SMILES string of the molecule is CN=C(NCc1cccc(OCCN(C)C)c1)NCC1CCCS1. The summed E-state index contributed by atoms with van der Waals surface area (Å²) in [5.41, 5.74) is 1.19. The molecule has 1 heterocycles. The fourth-order valence-corrected chi connectivity index (χ4v) is 3.71. The number of guanidine groups is 1. The van der Waals surface area contributed by atoms with Gasteiger partial charge in [-0.1, -0.05) is 12.1 Å². The van der Waals surface area contributed by atoms with Crippen LogP contribution < -0.4 is 15.4 Å². The van der Waals surface area contributed by atoms with Crippen molar-refractivity contribution in [3.63, 3.8) is 0 Å². The average Bonchev–Trinajstić information content (AvgIpc) is 3.08. The van der Waals surface area contributed by atoms with E-state index in [9.17, 15) is 0 Å². The Bertz CT molecular complexity index is 515. The van der Waals surface area contributed by atoms with Crippen LogP contribution in [0.5, 0.6) is 5.75 Å². The molecule has 134 valence electrons. The molecule has 0 aromatic heterocycles. The zero-order chi connectivity index (χ0) is 17.2. The Morgan fingerprint density at radius 3 is 2.96 bits per heavy atom. The molecule has 1 aliphatic rings. The lowest BCUT2D eigenvalue weighted by molar-refractivity contribution is 0.261. The van der Waals surface area contributed by atoms with Crippen LogP contribution >= 0.6 is 11.8 Å². The predicted molar refractivity (Wildman–Crippen MR) is 104 cm³/mol. The van der Waals surface area contributed by atoms with E-state index in [0.29, 0.717) is 6.61 Å². The number of rotatable bonds is 8. The molecule has 1 unspecified atom stereocenters. The second-order valence-corrected chi connectivity index (χ2v) is 7.65. The molecule has 0 spiro atoms. The number of aliphatic imine (C=N–C) groups is 1. The molecular weight excluding hydrogens is 320 g/mol. The predicted octanol–water partition coefficient (Wildman–Crippen LogP) is 2.19. The van der Waals surface area contributed by atoms with Gasteiger partial charge in [0, 0.05) is 31.9 Å². The van der Waals surface area contributed by atoms with Gasteiger partial charge in [0.15, 0.2) is 5.96 Å². The molecule has 0 amide bonds. The number of ether oxygens (including phenoxy) is 1. The summed E-state index contributed by atoms with van der Waals surface area (Å²) < 4.78 is 5.79. The topological polar surface area (TPSA) is 48.9 Å². The second-order valence-electron chi connectivity index (χ2n) is 6.24. The van der Waals surface area contributed by atoms with Crippen LogP contribution in [-0.2, 0) is 6.54 Å². The van der Waals surface area contributed by atoms with Crippen molar-refractivity contribution in [2.45, 2.75) is 24.6 Å². The van der Waals surface area contributed by atoms with Gasteiger partial charge in [-0.15, -0.1) is 0 Å². The fraction of sp³-hybridized carbons (Fsp3) is 0.611. The molecule has 1 aromatic rings. The highest BCUT2D eigenvalue weighted by Gasteiger charge is 2.15. The minimum Gasteiger partial charge on any atom is -0.492 e. The smallest absolute Gasteiger partial charge is 0.191 e. The Morgan fingerprint density at radius 1 is 1.38 bits per heavy atom. The van der Waals surface area contributed by atoms with E-state index in [-0.39, 0.29) is 0 Å². The third kappa shape index (κ3) is 7.01. The molecule has 1 saturated heterocycles. The van der Waals surface area contributed by atoms with Gasteiger partial charge in [-0.05, 0) is 50.4 Å². The minimum atomic E-state index is 0.701. The van der Waals surface area contributed by atoms with Crippen LogP contribution in [0.4, 0.5) is 0 Å². The van der Waals surface area contributed by atoms with Gasteiger partial charge in [0.05, 0.1) is 0 Å². The molecule has 2 rings (SSSR count). The molecule has 1 aliphatic heterocycles. The Hall–Kier alpha value is -1.40. The summed E-state index contributed by atoms with van der Waals surface area (Å²) in [5, 5.41) is 7.52. The van der Waals surface area contributed by atoms with Gasteiger partial charge in [-0.3, -0.25) is 4.99 Å². The van der Waals surface area contributed by atoms with Gasteiger partial charge in [0.2, 0.25) is 0 Å². The Balaban J connectivity index is 1.75. The quantitative estimate of drug-likeness (QED) is 0.556. The fourth-order valence-electron chi connectivity index (χ4n) is 2.51. The van der Waals surface area contributed by atoms with Crippen LogP contribution in [0.15, 0.2) is 29.3 Å². The third-order valence-corrected chi connectivity index (χ3v) is 5.31. The third-order valence-electron chi connectivity index (χ3n) is 3.91. The molecule has 1 aromatic carbocycles. The first-order chi connectivity index (χ1) is 11.7. The molecule has 24 heavy (non-hydrogen) atoms. The van der Waals surface area contributed by atoms with E-state index in [4.69, 9.17) is 4.74 Å². The van der Waals surface area contributed by atoms with Crippen molar-refractivity contribution in [3.05, 3.63) is 29.8 Å². The Labute approximate surface area is 150 Å². The molecule has 0 saturated carbocycles. The van der Waals surface area contributed by atoms with Crippen LogP contribution in [0.3, 0.4) is 0 Å². The molecule has 1 fully saturated rings. The van der Waals surface area contributed by atoms with Crippen molar-refractivity contribution < 1.29 is 4.74 Å². The summed E-state index contributed by atoms with van der Waals surface area (Å²) >= 11 is 2.06. The summed E-state index contributed by atoms with van der Waals surface area (Å²) in [5.74, 6) is 3.07. The maximum Gasteiger partial charge on any atom is 0.191 e. The van der Waals surface area contributed by atoms with Gasteiger partial charge in [-0.25, -0.2) is 0 Å². The number of benzene rings is 1. The van der Waals surface area contributed by atoms with Gasteiger partial charge in [0.1, 0.15) is 12.4 Å². The second kappa shape index (κ2) is 10.5. The first-order valence-corrected chi connectivity index (χ1v) is 9.65. The van der Waals surface area contributed by atoms with Crippen LogP contribution in [0, 0.1) is 0 Å². The van der Waals surface area contributed by atoms with Crippen molar-refractivity contribution in [2.75, 3.05) is 46.6 Å². The lowest BCUT2D eigenvalue weighted by atomic mass is 10.2. The van der Waals surface area contributed by atoms with Crippen LogP contribution in [-0.4, -0.2) is 62.7 Å². The highest BCUT2D eigenvalue weighted by Crippen LogP contribution is 2.25. The lowest BCUT2D eigenvalue weighted by Gasteiger charge is -2.15. The Kier molecular flexibility index (Phi) is 8.25. The van der Waals surface area contributed by atoms with Crippen molar-refractivity contribution in [3.8, 4) is 5.75 Å². The zero-order valence-corrected chi connectivity index (χ0v) is 15.9. The standard InChI is InChI=1S/C18H30N4OS/c1-19-18(21-14-17-8-5-11-24-17)20-13-15-6-4-7-16(12-15)23-10-9-22(2)3/h4,6-7,12,17H,5,8-11,13-14H2,1-3H3,(H2,19,20,21). The van der Waals surface area contributed by atoms with Gasteiger partial charge in [0.25, 0.3) is 0 Å². The van der Waals surface area contributed by atoms with Crippen molar-refractivity contribution >= 4 is 17.7 Å². The highest BCUT2D eigenvalue weighted by atomic mass is 32.2. The molecular formula is C18H30N4OS. The summed E-state index contributed by atoms with van der Waals surface area (Å²) in [6, 6.07) is 8.23. The normalized spacial score (nSPS) is 18.0. The number of hydrogen-bond acceptors (Lipinski definition) is 4. The molecule has 0 aliphatic carbocycles. The lowest BCUT2D eigenvalue weighted by Crippen LogP contribution is -2.39. The van der Waals surface area contributed by atoms with Gasteiger partial charge < -0.3 is 20.3 Å². The van der Waals surface area contributed by atoms with E-state index >= 15 is 0 Å². The summed E-state index contributed by atoms with van der Waals surface area (Å²) in [7, 11) is 5.91. The summed E-state index contributed by atoms with van der Waals surface area (Å²) in [6.07, 6.45) is 2.64. The van der Waals surface area contributed by atoms with Crippen molar-refractivity contribution in [2.24, 2.45) is 4.99 Å². The highest BCUT2D eigenvalue weighted by molar-refractivity contribution is 8.00. The molecule has 0 bridgehead atoms. The van der Waals surface area contributed by atoms with Gasteiger partial charge in [-0.2, -0.15) is 11.8 Å². The van der Waals surface area contributed by atoms with E-state index in [2.05, 4.69) is 44.4 Å². The molecule has 1 atom stereocenters. The van der Waals surface area contributed by atoms with Crippen molar-refractivity contribution in [1.82, 2.24) is 15.5 Å². The number of nitrogens with one attached hydrogen (secondary N) is 2. The van der Waals surface area contributed by atoms with E-state index in [1.54, 1.807) is 0 Å². The largest absolute Gasteiger partial charge is 0.492 e. The number of likely N-dealkylation sites (N-methyl/N-ethyl adjacent to an activating group) is 1. The van der Waals surface area contributed by atoms with E-state index in [0.717, 1.165) is 36.6 Å². The maximum absolute atomic E-state index is 5.79. The van der Waals surface area contributed by atoms with Crippen molar-refractivity contribution in [1.29, 1.82) is 0 Å². The first kappa shape index (κ1) is 18.9. The molecule has 6 heteroatoms. The van der Waals surface area contributed by atoms with Crippen LogP contribution in [0.1, 0.15) is 18.4 Å². The number of thioether (sulfide) groups is 1. The first-order valence-electron chi connectivity index (χ1n) is 8.60. The number of nitrogens with zero attached hydrogens (tertiary/aromatic N) is 2. The summed E-state index contributed by atoms with van der Waals surface area (Å²) in [4.78, 5) is 6.42. The minimum absolute atomic E-state index is 0.701.